The van der Waals surface area contributed by atoms with Crippen LogP contribution < -0.4 is 15.8 Å². The van der Waals surface area contributed by atoms with Crippen molar-refractivity contribution >= 4 is 34.0 Å². The maximum atomic E-state index is 12.8. The van der Waals surface area contributed by atoms with Crippen LogP contribution in [-0.2, 0) is 27.4 Å². The molecule has 0 saturated heterocycles. The Kier molecular flexibility index (Phi) is 9.29. The lowest BCUT2D eigenvalue weighted by Crippen LogP contribution is -2.29. The van der Waals surface area contributed by atoms with Crippen molar-refractivity contribution in [2.45, 2.75) is 24.4 Å². The number of amides is 1. The van der Waals surface area contributed by atoms with Crippen LogP contribution >= 0.6 is 12.4 Å². The van der Waals surface area contributed by atoms with Gasteiger partial charge < -0.3 is 11.1 Å². The van der Waals surface area contributed by atoms with Gasteiger partial charge in [0.15, 0.2) is 0 Å². The van der Waals surface area contributed by atoms with Crippen molar-refractivity contribution in [3.63, 3.8) is 0 Å². The number of halogens is 4. The normalized spacial score (nSPS) is 12.7. The van der Waals surface area contributed by atoms with E-state index in [0.717, 1.165) is 12.1 Å². The SMILES string of the molecule is CC(Cc1cccc(C(F)(F)F)c1)C(=O)Nc1cccc(S(=O)(=O)NCCN)c1.Cl. The van der Waals surface area contributed by atoms with Gasteiger partial charge >= 0.3 is 6.18 Å². The molecule has 0 saturated carbocycles. The molecule has 0 aliphatic heterocycles. The Labute approximate surface area is 179 Å². The lowest BCUT2D eigenvalue weighted by Gasteiger charge is -2.14. The number of benzene rings is 2. The van der Waals surface area contributed by atoms with Crippen molar-refractivity contribution in [3.05, 3.63) is 59.7 Å². The molecule has 1 atom stereocenters. The molecule has 166 valence electrons. The van der Waals surface area contributed by atoms with E-state index in [1.54, 1.807) is 6.92 Å². The fraction of sp³-hybridized carbons (Fsp3) is 0.316. The number of nitrogens with one attached hydrogen (secondary N) is 2. The first-order chi connectivity index (χ1) is 13.5. The summed E-state index contributed by atoms with van der Waals surface area (Å²) in [5, 5.41) is 2.60. The number of rotatable bonds is 8. The van der Waals surface area contributed by atoms with E-state index in [1.165, 1.54) is 36.4 Å². The predicted octanol–water partition coefficient (Wildman–Crippen LogP) is 3.18. The van der Waals surface area contributed by atoms with E-state index in [-0.39, 0.29) is 42.5 Å². The van der Waals surface area contributed by atoms with E-state index < -0.39 is 33.6 Å². The van der Waals surface area contributed by atoms with Gasteiger partial charge in [0, 0.05) is 24.7 Å². The van der Waals surface area contributed by atoms with Crippen LogP contribution in [0.25, 0.3) is 0 Å². The number of carbonyl (C=O) groups excluding carboxylic acids is 1. The lowest BCUT2D eigenvalue weighted by molar-refractivity contribution is -0.137. The molecule has 0 aliphatic carbocycles. The van der Waals surface area contributed by atoms with E-state index in [0.29, 0.717) is 5.56 Å². The highest BCUT2D eigenvalue weighted by molar-refractivity contribution is 7.89. The molecule has 1 amide bonds. The Morgan fingerprint density at radius 2 is 1.80 bits per heavy atom. The number of nitrogens with two attached hydrogens (primary N) is 1. The van der Waals surface area contributed by atoms with Crippen LogP contribution in [0.15, 0.2) is 53.4 Å². The van der Waals surface area contributed by atoms with Gasteiger partial charge in [-0.1, -0.05) is 31.2 Å². The minimum atomic E-state index is -4.45. The number of sulfonamides is 1. The second-order valence-electron chi connectivity index (χ2n) is 6.51. The first-order valence-corrected chi connectivity index (χ1v) is 10.3. The highest BCUT2D eigenvalue weighted by atomic mass is 35.5. The lowest BCUT2D eigenvalue weighted by atomic mass is 9.98. The van der Waals surface area contributed by atoms with Gasteiger partial charge in [-0.05, 0) is 36.2 Å². The molecule has 2 aromatic carbocycles. The summed E-state index contributed by atoms with van der Waals surface area (Å²) >= 11 is 0. The van der Waals surface area contributed by atoms with Crippen LogP contribution in [0.4, 0.5) is 18.9 Å². The zero-order valence-corrected chi connectivity index (χ0v) is 17.7. The van der Waals surface area contributed by atoms with Crippen LogP contribution in [0.3, 0.4) is 0 Å². The summed E-state index contributed by atoms with van der Waals surface area (Å²) in [5.74, 6) is -1.07. The van der Waals surface area contributed by atoms with Gasteiger partial charge in [0.05, 0.1) is 10.5 Å². The number of hydrogen-bond donors (Lipinski definition) is 3. The fourth-order valence-corrected chi connectivity index (χ4v) is 3.70. The molecular formula is C19H23ClF3N3O3S. The largest absolute Gasteiger partial charge is 0.416 e. The standard InChI is InChI=1S/C19H22F3N3O3S.ClH/c1-13(10-14-4-2-5-15(11-14)19(20,21)22)18(26)25-16-6-3-7-17(12-16)29(27,28)24-9-8-23;/h2-7,11-13,24H,8-10,23H2,1H3,(H,25,26);1H. The number of alkyl halides is 3. The maximum absolute atomic E-state index is 12.8. The molecule has 30 heavy (non-hydrogen) atoms. The topological polar surface area (TPSA) is 101 Å². The maximum Gasteiger partial charge on any atom is 0.416 e. The molecule has 0 aliphatic rings. The van der Waals surface area contributed by atoms with Crippen LogP contribution in [-0.4, -0.2) is 27.4 Å². The molecule has 0 radical (unpaired) electrons. The zero-order valence-electron chi connectivity index (χ0n) is 16.1. The van der Waals surface area contributed by atoms with Crippen LogP contribution in [0.2, 0.25) is 0 Å². The molecule has 0 fully saturated rings. The Hall–Kier alpha value is -2.14. The van der Waals surface area contributed by atoms with Crippen LogP contribution in [0, 0.1) is 5.92 Å². The van der Waals surface area contributed by atoms with Crippen molar-refractivity contribution in [2.75, 3.05) is 18.4 Å². The molecule has 0 heterocycles. The summed E-state index contributed by atoms with van der Waals surface area (Å²) in [5.41, 5.74) is 5.16. The van der Waals surface area contributed by atoms with Crippen LogP contribution in [0.5, 0.6) is 0 Å². The Morgan fingerprint density at radius 3 is 2.43 bits per heavy atom. The number of anilines is 1. The highest BCUT2D eigenvalue weighted by Crippen LogP contribution is 2.30. The Bertz CT molecular complexity index is 969. The summed E-state index contributed by atoms with van der Waals surface area (Å²) < 4.78 is 65.1. The molecule has 2 aromatic rings. The first-order valence-electron chi connectivity index (χ1n) is 8.80. The third-order valence-electron chi connectivity index (χ3n) is 4.09. The molecule has 0 aromatic heterocycles. The van der Waals surface area contributed by atoms with Gasteiger partial charge in [-0.15, -0.1) is 12.4 Å². The van der Waals surface area contributed by atoms with Crippen molar-refractivity contribution in [1.82, 2.24) is 4.72 Å². The quantitative estimate of drug-likeness (QED) is 0.557. The van der Waals surface area contributed by atoms with Crippen molar-refractivity contribution in [3.8, 4) is 0 Å². The average Bonchev–Trinajstić information content (AvgIpc) is 2.66. The van der Waals surface area contributed by atoms with Gasteiger partial charge in [-0.2, -0.15) is 13.2 Å². The molecule has 0 bridgehead atoms. The van der Waals surface area contributed by atoms with Gasteiger partial charge in [-0.25, -0.2) is 13.1 Å². The zero-order chi connectivity index (χ0) is 21.7. The molecular weight excluding hydrogens is 443 g/mol. The second-order valence-corrected chi connectivity index (χ2v) is 8.27. The van der Waals surface area contributed by atoms with E-state index >= 15 is 0 Å². The molecule has 4 N–H and O–H groups in total. The van der Waals surface area contributed by atoms with Gasteiger partial charge in [0.25, 0.3) is 0 Å². The third kappa shape index (κ3) is 7.28. The fourth-order valence-electron chi connectivity index (χ4n) is 2.60. The monoisotopic (exact) mass is 465 g/mol. The molecule has 0 spiro atoms. The van der Waals surface area contributed by atoms with Gasteiger partial charge in [-0.3, -0.25) is 4.79 Å². The van der Waals surface area contributed by atoms with Gasteiger partial charge in [0.2, 0.25) is 15.9 Å². The second kappa shape index (κ2) is 10.8. The Balaban J connectivity index is 0.00000450. The molecule has 1 unspecified atom stereocenters. The Morgan fingerprint density at radius 1 is 1.13 bits per heavy atom. The minimum Gasteiger partial charge on any atom is -0.329 e. The van der Waals surface area contributed by atoms with Crippen molar-refractivity contribution in [1.29, 1.82) is 0 Å². The van der Waals surface area contributed by atoms with E-state index in [1.807, 2.05) is 0 Å². The number of hydrogen-bond acceptors (Lipinski definition) is 4. The first kappa shape index (κ1) is 25.9. The van der Waals surface area contributed by atoms with E-state index in [4.69, 9.17) is 5.73 Å². The molecule has 6 nitrogen and oxygen atoms in total. The summed E-state index contributed by atoms with van der Waals surface area (Å²) in [6, 6.07) is 10.5. The summed E-state index contributed by atoms with van der Waals surface area (Å²) in [4.78, 5) is 12.4. The highest BCUT2D eigenvalue weighted by Gasteiger charge is 2.30. The summed E-state index contributed by atoms with van der Waals surface area (Å²) in [7, 11) is -3.76. The van der Waals surface area contributed by atoms with E-state index in [2.05, 4.69) is 10.0 Å². The van der Waals surface area contributed by atoms with Crippen LogP contribution in [0.1, 0.15) is 18.1 Å². The third-order valence-corrected chi connectivity index (χ3v) is 5.55. The average molecular weight is 466 g/mol. The van der Waals surface area contributed by atoms with E-state index in [9.17, 15) is 26.4 Å². The van der Waals surface area contributed by atoms with Gasteiger partial charge in [0.1, 0.15) is 0 Å². The number of carbonyl (C=O) groups is 1. The summed E-state index contributed by atoms with van der Waals surface area (Å²) in [6.45, 7) is 1.80. The molecule has 11 heteroatoms. The molecule has 2 rings (SSSR count). The minimum absolute atomic E-state index is 0. The van der Waals surface area contributed by atoms with Crippen molar-refractivity contribution in [2.24, 2.45) is 11.7 Å². The van der Waals surface area contributed by atoms with Crippen molar-refractivity contribution < 1.29 is 26.4 Å². The predicted molar refractivity (Wildman–Crippen MR) is 111 cm³/mol. The smallest absolute Gasteiger partial charge is 0.329 e. The summed E-state index contributed by atoms with van der Waals surface area (Å²) in [6.07, 6.45) is -4.35.